The van der Waals surface area contributed by atoms with E-state index >= 15 is 0 Å². The molecule has 208 valence electrons. The summed E-state index contributed by atoms with van der Waals surface area (Å²) in [6, 6.07) is 9.03. The molecule has 39 heavy (non-hydrogen) atoms. The summed E-state index contributed by atoms with van der Waals surface area (Å²) in [5.74, 6) is -1.80. The zero-order chi connectivity index (χ0) is 28.3. The van der Waals surface area contributed by atoms with Crippen LogP contribution in [0.15, 0.2) is 41.5 Å². The van der Waals surface area contributed by atoms with Gasteiger partial charge in [0, 0.05) is 0 Å². The number of nitrogens with two attached hydrogens (primary N) is 1. The van der Waals surface area contributed by atoms with Gasteiger partial charge in [-0.2, -0.15) is 15.3 Å². The summed E-state index contributed by atoms with van der Waals surface area (Å²) in [6.45, 7) is 4.28. The number of para-hydroxylation sites is 1. The Morgan fingerprint density at radius 3 is 2.74 bits per heavy atom. The predicted octanol–water partition coefficient (Wildman–Crippen LogP) is 1.23. The lowest BCUT2D eigenvalue weighted by atomic mass is 10.0. The molecule has 4 rings (SSSR count). The zero-order valence-electron chi connectivity index (χ0n) is 21.3. The van der Waals surface area contributed by atoms with Gasteiger partial charge < -0.3 is 24.8 Å². The van der Waals surface area contributed by atoms with Crippen molar-refractivity contribution in [2.24, 2.45) is 5.92 Å². The van der Waals surface area contributed by atoms with Crippen LogP contribution < -0.4 is 20.9 Å². The van der Waals surface area contributed by atoms with Crippen LogP contribution in [0.25, 0.3) is 11.2 Å². The standard InChI is InChI=1S/C23H28N7O8P/c1-12(2)36-22(33)13(3)29-39(34,38-14-7-5-4-6-8-14)35-10-16-18(31)15(9-24)21(37-16)30-11-26-17-19(30)27-23(25)28-20(17)32/h4-8,11-13,15-16,18,21,31H,10H2,1-3H3,(H,29,34)(H3,25,27,28,32)/t13-,15+,16+,18-,21+,39-/m0/s1. The lowest BCUT2D eigenvalue weighted by Crippen LogP contribution is -2.37. The van der Waals surface area contributed by atoms with Crippen LogP contribution in [0.4, 0.5) is 5.95 Å². The third kappa shape index (κ3) is 6.27. The minimum Gasteiger partial charge on any atom is -0.462 e. The number of nitriles is 1. The summed E-state index contributed by atoms with van der Waals surface area (Å²) in [5.41, 5.74) is 5.08. The number of fused-ring (bicyclic) bond motifs is 1. The number of anilines is 1. The van der Waals surface area contributed by atoms with E-state index in [1.165, 1.54) is 17.8 Å². The Morgan fingerprint density at radius 2 is 2.08 bits per heavy atom. The van der Waals surface area contributed by atoms with E-state index in [4.69, 9.17) is 24.3 Å². The van der Waals surface area contributed by atoms with Crippen molar-refractivity contribution in [3.05, 3.63) is 47.0 Å². The number of hydrogen-bond donors (Lipinski definition) is 4. The van der Waals surface area contributed by atoms with Crippen molar-refractivity contribution in [1.82, 2.24) is 24.6 Å². The number of benzene rings is 1. The summed E-state index contributed by atoms with van der Waals surface area (Å²) in [7, 11) is -4.25. The molecule has 1 aromatic carbocycles. The smallest absolute Gasteiger partial charge is 0.459 e. The number of aliphatic hydroxyl groups is 1. The highest BCUT2D eigenvalue weighted by Gasteiger charge is 2.47. The Hall–Kier alpha value is -3.80. The average Bonchev–Trinajstić information content (AvgIpc) is 3.43. The number of carbonyl (C=O) groups excluding carboxylic acids is 1. The molecule has 0 unspecified atom stereocenters. The molecule has 16 heteroatoms. The van der Waals surface area contributed by atoms with Crippen molar-refractivity contribution in [2.75, 3.05) is 12.3 Å². The molecule has 5 N–H and O–H groups in total. The Kier molecular flexibility index (Phi) is 8.34. The predicted molar refractivity (Wildman–Crippen MR) is 136 cm³/mol. The van der Waals surface area contributed by atoms with Crippen molar-refractivity contribution in [1.29, 1.82) is 5.26 Å². The molecule has 1 aliphatic heterocycles. The van der Waals surface area contributed by atoms with Crippen LogP contribution in [-0.2, 0) is 23.4 Å². The minimum atomic E-state index is -4.25. The SMILES string of the molecule is CC(C)OC(=O)[C@H](C)N[P@](=O)(OC[C@H]1O[C@@H](n2cnc3c(=O)[nH]c(N)nc32)[C@H](C#N)[C@@H]1O)Oc1ccccc1. The first-order valence-corrected chi connectivity index (χ1v) is 13.5. The van der Waals surface area contributed by atoms with Gasteiger partial charge in [-0.25, -0.2) is 9.55 Å². The molecule has 3 aromatic rings. The van der Waals surface area contributed by atoms with Crippen LogP contribution in [0.5, 0.6) is 5.75 Å². The average molecular weight is 561 g/mol. The maximum absolute atomic E-state index is 13.7. The van der Waals surface area contributed by atoms with Crippen LogP contribution in [0, 0.1) is 17.2 Å². The number of ether oxygens (including phenoxy) is 2. The molecule has 1 fully saturated rings. The number of aliphatic hydroxyl groups excluding tert-OH is 1. The normalized spacial score (nSPS) is 23.3. The number of nitrogens with zero attached hydrogens (tertiary/aromatic N) is 4. The lowest BCUT2D eigenvalue weighted by molar-refractivity contribution is -0.149. The van der Waals surface area contributed by atoms with Crippen molar-refractivity contribution < 1.29 is 33.0 Å². The fraction of sp³-hybridized carbons (Fsp3) is 0.435. The molecular formula is C23H28N7O8P. The molecule has 15 nitrogen and oxygen atoms in total. The molecule has 0 bridgehead atoms. The number of nitrogens with one attached hydrogen (secondary N) is 2. The third-order valence-electron chi connectivity index (χ3n) is 5.68. The van der Waals surface area contributed by atoms with Gasteiger partial charge >= 0.3 is 13.7 Å². The van der Waals surface area contributed by atoms with Gasteiger partial charge in [0.25, 0.3) is 5.56 Å². The zero-order valence-corrected chi connectivity index (χ0v) is 22.1. The van der Waals surface area contributed by atoms with E-state index in [-0.39, 0.29) is 22.9 Å². The summed E-state index contributed by atoms with van der Waals surface area (Å²) in [5, 5.41) is 23.2. The van der Waals surface area contributed by atoms with Crippen molar-refractivity contribution in [3.63, 3.8) is 0 Å². The second-order valence-corrected chi connectivity index (χ2v) is 10.7. The summed E-state index contributed by atoms with van der Waals surface area (Å²) < 4.78 is 37.3. The van der Waals surface area contributed by atoms with E-state index < -0.39 is 62.4 Å². The van der Waals surface area contributed by atoms with Crippen LogP contribution in [0.2, 0.25) is 0 Å². The Bertz CT molecular complexity index is 1470. The van der Waals surface area contributed by atoms with Gasteiger partial charge in [-0.1, -0.05) is 18.2 Å². The molecular weight excluding hydrogens is 533 g/mol. The van der Waals surface area contributed by atoms with Gasteiger partial charge in [-0.05, 0) is 32.9 Å². The molecule has 0 radical (unpaired) electrons. The van der Waals surface area contributed by atoms with Gasteiger partial charge in [0.05, 0.1) is 25.1 Å². The topological polar surface area (TPSA) is 217 Å². The largest absolute Gasteiger partial charge is 0.462 e. The van der Waals surface area contributed by atoms with Crippen molar-refractivity contribution in [3.8, 4) is 11.8 Å². The highest BCUT2D eigenvalue weighted by molar-refractivity contribution is 7.52. The fourth-order valence-corrected chi connectivity index (χ4v) is 5.40. The van der Waals surface area contributed by atoms with Gasteiger partial charge in [0.1, 0.15) is 29.9 Å². The first-order valence-electron chi connectivity index (χ1n) is 11.9. The van der Waals surface area contributed by atoms with Crippen molar-refractivity contribution in [2.45, 2.75) is 51.4 Å². The van der Waals surface area contributed by atoms with E-state index in [0.717, 1.165) is 0 Å². The summed E-state index contributed by atoms with van der Waals surface area (Å²) in [6.07, 6.45) is -2.85. The second kappa shape index (κ2) is 11.5. The number of aromatic amines is 1. The molecule has 1 aliphatic rings. The molecule has 3 heterocycles. The lowest BCUT2D eigenvalue weighted by Gasteiger charge is -2.25. The van der Waals surface area contributed by atoms with Crippen LogP contribution >= 0.6 is 7.75 Å². The van der Waals surface area contributed by atoms with Crippen molar-refractivity contribution >= 4 is 30.8 Å². The molecule has 1 saturated heterocycles. The molecule has 2 aromatic heterocycles. The van der Waals surface area contributed by atoms with Gasteiger partial charge in [-0.3, -0.25) is 23.7 Å². The number of nitrogen functional groups attached to an aromatic ring is 1. The number of H-pyrrole nitrogens is 1. The first kappa shape index (κ1) is 28.2. The van der Waals surface area contributed by atoms with Gasteiger partial charge in [0.15, 0.2) is 17.4 Å². The molecule has 0 amide bonds. The number of hydrogen-bond acceptors (Lipinski definition) is 12. The first-order chi connectivity index (χ1) is 18.5. The Labute approximate surface area is 222 Å². The highest BCUT2D eigenvalue weighted by atomic mass is 31.2. The number of aromatic nitrogens is 4. The number of esters is 1. The van der Waals surface area contributed by atoms with Gasteiger partial charge in [-0.15, -0.1) is 0 Å². The minimum absolute atomic E-state index is 0.0362. The molecule has 6 atom stereocenters. The van der Waals surface area contributed by atoms with E-state index in [1.807, 2.05) is 6.07 Å². The Morgan fingerprint density at radius 1 is 1.36 bits per heavy atom. The molecule has 0 aliphatic carbocycles. The fourth-order valence-electron chi connectivity index (χ4n) is 3.90. The van der Waals surface area contributed by atoms with E-state index in [2.05, 4.69) is 20.0 Å². The number of carbonyl (C=O) groups is 1. The van der Waals surface area contributed by atoms with E-state index in [0.29, 0.717) is 0 Å². The van der Waals surface area contributed by atoms with Crippen LogP contribution in [0.3, 0.4) is 0 Å². The monoisotopic (exact) mass is 561 g/mol. The van der Waals surface area contributed by atoms with E-state index in [9.17, 15) is 24.5 Å². The highest BCUT2D eigenvalue weighted by Crippen LogP contribution is 2.46. The summed E-state index contributed by atoms with van der Waals surface area (Å²) in [4.78, 5) is 34.9. The second-order valence-electron chi connectivity index (χ2n) is 9.02. The Balaban J connectivity index is 1.55. The third-order valence-corrected chi connectivity index (χ3v) is 7.32. The maximum Gasteiger partial charge on any atom is 0.459 e. The molecule has 0 saturated carbocycles. The number of rotatable bonds is 10. The van der Waals surface area contributed by atoms with Gasteiger partial charge in [0.2, 0.25) is 5.95 Å². The summed E-state index contributed by atoms with van der Waals surface area (Å²) >= 11 is 0. The van der Waals surface area contributed by atoms with Crippen LogP contribution in [-0.4, -0.2) is 61.6 Å². The quantitative estimate of drug-likeness (QED) is 0.202. The van der Waals surface area contributed by atoms with E-state index in [1.54, 1.807) is 44.2 Å². The molecule has 0 spiro atoms. The maximum atomic E-state index is 13.7. The number of imidazole rings is 1. The van der Waals surface area contributed by atoms with Crippen LogP contribution in [0.1, 0.15) is 27.0 Å².